The molecule has 3 nitrogen and oxygen atoms in total. The van der Waals surface area contributed by atoms with Gasteiger partial charge < -0.3 is 5.32 Å². The molecule has 4 heteroatoms. The summed E-state index contributed by atoms with van der Waals surface area (Å²) in [7, 11) is 2.01. The zero-order valence-electron chi connectivity index (χ0n) is 10.8. The summed E-state index contributed by atoms with van der Waals surface area (Å²) in [5, 5.41) is 7.75. The fraction of sp³-hybridized carbons (Fsp3) is 0.750. The van der Waals surface area contributed by atoms with E-state index in [0.29, 0.717) is 11.5 Å². The van der Waals surface area contributed by atoms with Gasteiger partial charge in [-0.1, -0.05) is 20.8 Å². The summed E-state index contributed by atoms with van der Waals surface area (Å²) >= 11 is 3.58. The summed E-state index contributed by atoms with van der Waals surface area (Å²) in [6.45, 7) is 9.81. The maximum Gasteiger partial charge on any atom is 0.0695 e. The third kappa shape index (κ3) is 3.32. The molecule has 0 saturated heterocycles. The predicted octanol–water partition coefficient (Wildman–Crippen LogP) is 3.36. The van der Waals surface area contributed by atoms with Crippen LogP contribution in [0.5, 0.6) is 0 Å². The lowest BCUT2D eigenvalue weighted by molar-refractivity contribution is 0.310. The summed E-state index contributed by atoms with van der Waals surface area (Å²) < 4.78 is 3.15. The molecule has 1 N–H and O–H groups in total. The minimum Gasteiger partial charge on any atom is -0.312 e. The smallest absolute Gasteiger partial charge is 0.0695 e. The minimum atomic E-state index is 0.302. The number of aromatic nitrogens is 2. The summed E-state index contributed by atoms with van der Waals surface area (Å²) in [6, 6.07) is 0.344. The highest BCUT2D eigenvalue weighted by molar-refractivity contribution is 9.10. The molecule has 0 amide bonds. The van der Waals surface area contributed by atoms with E-state index in [0.717, 1.165) is 17.4 Å². The normalized spacial score (nSPS) is 14.1. The molecule has 16 heavy (non-hydrogen) atoms. The molecular weight excluding hydrogens is 266 g/mol. The van der Waals surface area contributed by atoms with Gasteiger partial charge in [0.05, 0.1) is 22.4 Å². The van der Waals surface area contributed by atoms with Gasteiger partial charge >= 0.3 is 0 Å². The molecule has 0 radical (unpaired) electrons. The van der Waals surface area contributed by atoms with Crippen LogP contribution in [-0.2, 0) is 6.54 Å². The van der Waals surface area contributed by atoms with Gasteiger partial charge in [-0.15, -0.1) is 0 Å². The van der Waals surface area contributed by atoms with Gasteiger partial charge in [0.2, 0.25) is 0 Å². The number of rotatable bonds is 4. The Morgan fingerprint density at radius 2 is 2.12 bits per heavy atom. The molecule has 0 bridgehead atoms. The second-order valence-electron chi connectivity index (χ2n) is 5.30. The number of nitrogens with one attached hydrogen (secondary N) is 1. The van der Waals surface area contributed by atoms with E-state index in [1.807, 2.05) is 13.2 Å². The third-order valence-corrected chi connectivity index (χ3v) is 3.24. The van der Waals surface area contributed by atoms with Crippen molar-refractivity contribution in [2.75, 3.05) is 7.05 Å². The van der Waals surface area contributed by atoms with Gasteiger partial charge in [0.1, 0.15) is 0 Å². The zero-order chi connectivity index (χ0) is 12.3. The van der Waals surface area contributed by atoms with Crippen molar-refractivity contribution in [3.8, 4) is 0 Å². The van der Waals surface area contributed by atoms with Crippen molar-refractivity contribution < 1.29 is 0 Å². The first-order valence-electron chi connectivity index (χ1n) is 5.77. The topological polar surface area (TPSA) is 29.9 Å². The third-order valence-electron chi connectivity index (χ3n) is 2.63. The molecule has 0 spiro atoms. The highest BCUT2D eigenvalue weighted by Gasteiger charge is 2.23. The van der Waals surface area contributed by atoms with Crippen LogP contribution in [0.15, 0.2) is 10.7 Å². The Bertz CT molecular complexity index is 339. The monoisotopic (exact) mass is 287 g/mol. The average Bonchev–Trinajstić information content (AvgIpc) is 2.54. The zero-order valence-corrected chi connectivity index (χ0v) is 12.4. The molecule has 1 unspecified atom stereocenters. The van der Waals surface area contributed by atoms with Crippen LogP contribution in [-0.4, -0.2) is 16.8 Å². The Morgan fingerprint density at radius 1 is 1.50 bits per heavy atom. The van der Waals surface area contributed by atoms with Crippen molar-refractivity contribution in [3.63, 3.8) is 0 Å². The van der Waals surface area contributed by atoms with Crippen molar-refractivity contribution in [1.82, 2.24) is 15.1 Å². The minimum absolute atomic E-state index is 0.302. The van der Waals surface area contributed by atoms with Crippen LogP contribution in [0.2, 0.25) is 0 Å². The molecule has 0 aromatic carbocycles. The lowest BCUT2D eigenvalue weighted by Gasteiger charge is -2.26. The summed E-state index contributed by atoms with van der Waals surface area (Å²) in [5.41, 5.74) is 1.55. The van der Waals surface area contributed by atoms with Crippen LogP contribution >= 0.6 is 15.9 Å². The van der Waals surface area contributed by atoms with E-state index in [4.69, 9.17) is 0 Å². The van der Waals surface area contributed by atoms with Crippen LogP contribution in [0.25, 0.3) is 0 Å². The first-order chi connectivity index (χ1) is 7.39. The van der Waals surface area contributed by atoms with Gasteiger partial charge in [-0.05, 0) is 41.7 Å². The van der Waals surface area contributed by atoms with Crippen molar-refractivity contribution >= 4 is 15.9 Å². The van der Waals surface area contributed by atoms with Crippen LogP contribution in [0.1, 0.15) is 45.9 Å². The fourth-order valence-corrected chi connectivity index (χ4v) is 2.49. The van der Waals surface area contributed by atoms with Gasteiger partial charge in [0.15, 0.2) is 0 Å². The van der Waals surface area contributed by atoms with Crippen LogP contribution in [0.4, 0.5) is 0 Å². The first kappa shape index (κ1) is 13.7. The van der Waals surface area contributed by atoms with E-state index < -0.39 is 0 Å². The Morgan fingerprint density at radius 3 is 2.56 bits per heavy atom. The fourth-order valence-electron chi connectivity index (χ4n) is 1.92. The molecule has 1 heterocycles. The number of hydrogen-bond acceptors (Lipinski definition) is 2. The molecule has 1 aromatic rings. The van der Waals surface area contributed by atoms with E-state index >= 15 is 0 Å². The van der Waals surface area contributed by atoms with Crippen LogP contribution in [0, 0.1) is 5.41 Å². The standard InChI is InChI=1S/C12H22BrN3/c1-6-16-11(9(13)8-15-16)10(14-5)7-12(2,3)4/h8,10,14H,6-7H2,1-5H3. The summed E-state index contributed by atoms with van der Waals surface area (Å²) in [6.07, 6.45) is 2.97. The summed E-state index contributed by atoms with van der Waals surface area (Å²) in [4.78, 5) is 0. The van der Waals surface area contributed by atoms with Crippen molar-refractivity contribution in [2.45, 2.75) is 46.7 Å². The van der Waals surface area contributed by atoms with Crippen molar-refractivity contribution in [3.05, 3.63) is 16.4 Å². The molecule has 1 rings (SSSR count). The molecule has 0 fully saturated rings. The molecule has 0 saturated carbocycles. The SMILES string of the molecule is CCn1ncc(Br)c1C(CC(C)(C)C)NC. The molecule has 92 valence electrons. The van der Waals surface area contributed by atoms with E-state index in [2.05, 4.69) is 58.7 Å². The first-order valence-corrected chi connectivity index (χ1v) is 6.56. The quantitative estimate of drug-likeness (QED) is 0.920. The molecule has 0 aliphatic heterocycles. The number of aryl methyl sites for hydroxylation is 1. The van der Waals surface area contributed by atoms with Crippen molar-refractivity contribution in [1.29, 1.82) is 0 Å². The molecule has 1 atom stereocenters. The van der Waals surface area contributed by atoms with Gasteiger partial charge in [-0.2, -0.15) is 5.10 Å². The Balaban J connectivity index is 2.98. The lowest BCUT2D eigenvalue weighted by Crippen LogP contribution is -2.25. The van der Waals surface area contributed by atoms with Crippen LogP contribution < -0.4 is 5.32 Å². The Hall–Kier alpha value is -0.350. The second-order valence-corrected chi connectivity index (χ2v) is 6.15. The van der Waals surface area contributed by atoms with Gasteiger partial charge in [0.25, 0.3) is 0 Å². The lowest BCUT2D eigenvalue weighted by atomic mass is 9.87. The van der Waals surface area contributed by atoms with Gasteiger partial charge in [-0.25, -0.2) is 0 Å². The average molecular weight is 288 g/mol. The highest BCUT2D eigenvalue weighted by Crippen LogP contribution is 2.32. The van der Waals surface area contributed by atoms with E-state index in [9.17, 15) is 0 Å². The van der Waals surface area contributed by atoms with E-state index in [1.54, 1.807) is 0 Å². The van der Waals surface area contributed by atoms with Gasteiger partial charge in [0, 0.05) is 6.54 Å². The Labute approximate surface area is 107 Å². The van der Waals surface area contributed by atoms with E-state index in [-0.39, 0.29) is 0 Å². The summed E-state index contributed by atoms with van der Waals surface area (Å²) in [5.74, 6) is 0. The maximum atomic E-state index is 4.36. The number of halogens is 1. The van der Waals surface area contributed by atoms with Crippen molar-refractivity contribution in [2.24, 2.45) is 5.41 Å². The van der Waals surface area contributed by atoms with E-state index in [1.165, 1.54) is 5.69 Å². The predicted molar refractivity (Wildman–Crippen MR) is 71.5 cm³/mol. The van der Waals surface area contributed by atoms with Gasteiger partial charge in [-0.3, -0.25) is 4.68 Å². The molecule has 0 aliphatic rings. The molecule has 1 aromatic heterocycles. The number of nitrogens with zero attached hydrogens (tertiary/aromatic N) is 2. The maximum absolute atomic E-state index is 4.36. The number of hydrogen-bond donors (Lipinski definition) is 1. The molecule has 0 aliphatic carbocycles. The largest absolute Gasteiger partial charge is 0.312 e. The highest BCUT2D eigenvalue weighted by atomic mass is 79.9. The van der Waals surface area contributed by atoms with Crippen LogP contribution in [0.3, 0.4) is 0 Å². The molecular formula is C12H22BrN3. The second kappa shape index (κ2) is 5.32. The Kier molecular flexibility index (Phi) is 4.56.